The Morgan fingerprint density at radius 2 is 1.93 bits per heavy atom. The summed E-state index contributed by atoms with van der Waals surface area (Å²) in [6, 6.07) is 7.71. The number of hydrogen-bond donors (Lipinski definition) is 0. The number of aromatic nitrogens is 3. The van der Waals surface area contributed by atoms with Crippen LogP contribution in [0.15, 0.2) is 29.4 Å². The SMILES string of the molecule is [N-]=[N+]=NCCCn1nc2ccccc2n1. The van der Waals surface area contributed by atoms with Gasteiger partial charge in [0.25, 0.3) is 0 Å². The van der Waals surface area contributed by atoms with Gasteiger partial charge in [0.15, 0.2) is 0 Å². The Morgan fingerprint density at radius 1 is 1.27 bits per heavy atom. The fraction of sp³-hybridized carbons (Fsp3) is 0.333. The van der Waals surface area contributed by atoms with Crippen molar-refractivity contribution in [2.75, 3.05) is 6.54 Å². The van der Waals surface area contributed by atoms with Crippen LogP contribution in [0.5, 0.6) is 0 Å². The van der Waals surface area contributed by atoms with Gasteiger partial charge in [-0.25, -0.2) is 0 Å². The average Bonchev–Trinajstić information content (AvgIpc) is 2.67. The predicted molar refractivity (Wildman–Crippen MR) is 56.2 cm³/mol. The molecule has 76 valence electrons. The number of fused-ring (bicyclic) bond motifs is 1. The topological polar surface area (TPSA) is 79.5 Å². The van der Waals surface area contributed by atoms with Gasteiger partial charge in [-0.3, -0.25) is 0 Å². The number of benzene rings is 1. The first-order valence-corrected chi connectivity index (χ1v) is 4.71. The highest BCUT2D eigenvalue weighted by molar-refractivity contribution is 5.72. The van der Waals surface area contributed by atoms with Gasteiger partial charge in [0.1, 0.15) is 11.0 Å². The van der Waals surface area contributed by atoms with Gasteiger partial charge in [0, 0.05) is 11.5 Å². The summed E-state index contributed by atoms with van der Waals surface area (Å²) < 4.78 is 0. The van der Waals surface area contributed by atoms with Crippen LogP contribution in [0.4, 0.5) is 0 Å². The minimum absolute atomic E-state index is 0.481. The zero-order valence-electron chi connectivity index (χ0n) is 8.11. The number of rotatable bonds is 4. The molecule has 6 heteroatoms. The van der Waals surface area contributed by atoms with Crippen LogP contribution in [0.25, 0.3) is 21.5 Å². The van der Waals surface area contributed by atoms with Crippen molar-refractivity contribution in [1.29, 1.82) is 0 Å². The molecule has 0 amide bonds. The van der Waals surface area contributed by atoms with E-state index in [0.29, 0.717) is 13.1 Å². The molecular weight excluding hydrogens is 192 g/mol. The summed E-state index contributed by atoms with van der Waals surface area (Å²) in [6.07, 6.45) is 0.755. The highest BCUT2D eigenvalue weighted by Gasteiger charge is 1.99. The van der Waals surface area contributed by atoms with E-state index in [9.17, 15) is 0 Å². The molecule has 0 aliphatic carbocycles. The summed E-state index contributed by atoms with van der Waals surface area (Å²) in [5.41, 5.74) is 9.88. The van der Waals surface area contributed by atoms with Crippen LogP contribution in [-0.4, -0.2) is 21.5 Å². The van der Waals surface area contributed by atoms with Crippen LogP contribution in [-0.2, 0) is 6.54 Å². The smallest absolute Gasteiger partial charge is 0.113 e. The Kier molecular flexibility index (Phi) is 2.80. The first-order chi connectivity index (χ1) is 7.40. The third-order valence-electron chi connectivity index (χ3n) is 2.01. The van der Waals surface area contributed by atoms with E-state index in [4.69, 9.17) is 5.53 Å². The van der Waals surface area contributed by atoms with Crippen molar-refractivity contribution in [2.24, 2.45) is 5.11 Å². The van der Waals surface area contributed by atoms with E-state index in [-0.39, 0.29) is 0 Å². The second-order valence-corrected chi connectivity index (χ2v) is 3.09. The Morgan fingerprint density at radius 3 is 2.53 bits per heavy atom. The maximum atomic E-state index is 8.10. The minimum Gasteiger partial charge on any atom is -0.184 e. The molecule has 0 aliphatic heterocycles. The molecule has 0 radical (unpaired) electrons. The second kappa shape index (κ2) is 4.43. The molecule has 1 aromatic heterocycles. The molecule has 0 aliphatic rings. The normalized spacial score (nSPS) is 10.1. The number of azide groups is 1. The van der Waals surface area contributed by atoms with Crippen molar-refractivity contribution in [2.45, 2.75) is 13.0 Å². The molecule has 0 fully saturated rings. The Bertz CT molecular complexity index is 463. The lowest BCUT2D eigenvalue weighted by Crippen LogP contribution is -2.02. The Balaban J connectivity index is 2.05. The van der Waals surface area contributed by atoms with Gasteiger partial charge in [0.2, 0.25) is 0 Å². The lowest BCUT2D eigenvalue weighted by atomic mass is 10.3. The maximum Gasteiger partial charge on any atom is 0.113 e. The van der Waals surface area contributed by atoms with Crippen molar-refractivity contribution in [3.8, 4) is 0 Å². The van der Waals surface area contributed by atoms with Gasteiger partial charge in [-0.05, 0) is 24.1 Å². The van der Waals surface area contributed by atoms with Gasteiger partial charge in [-0.2, -0.15) is 15.0 Å². The monoisotopic (exact) mass is 202 g/mol. The van der Waals surface area contributed by atoms with Crippen LogP contribution in [0.2, 0.25) is 0 Å². The molecule has 0 saturated carbocycles. The van der Waals surface area contributed by atoms with E-state index in [1.165, 1.54) is 0 Å². The molecule has 0 atom stereocenters. The average molecular weight is 202 g/mol. The largest absolute Gasteiger partial charge is 0.184 e. The molecule has 2 aromatic rings. The molecule has 0 spiro atoms. The molecule has 0 N–H and O–H groups in total. The Hall–Kier alpha value is -2.07. The predicted octanol–water partition coefficient (Wildman–Crippen LogP) is 2.13. The van der Waals surface area contributed by atoms with Gasteiger partial charge in [0.05, 0.1) is 6.54 Å². The van der Waals surface area contributed by atoms with Gasteiger partial charge in [-0.15, -0.1) is 0 Å². The number of aryl methyl sites for hydroxylation is 1. The zero-order chi connectivity index (χ0) is 10.5. The fourth-order valence-electron chi connectivity index (χ4n) is 1.33. The molecule has 0 bridgehead atoms. The number of hydrogen-bond acceptors (Lipinski definition) is 3. The van der Waals surface area contributed by atoms with Crippen molar-refractivity contribution in [1.82, 2.24) is 15.0 Å². The lowest BCUT2D eigenvalue weighted by Gasteiger charge is -1.94. The summed E-state index contributed by atoms with van der Waals surface area (Å²) in [4.78, 5) is 4.32. The second-order valence-electron chi connectivity index (χ2n) is 3.09. The van der Waals surface area contributed by atoms with Gasteiger partial charge >= 0.3 is 0 Å². The van der Waals surface area contributed by atoms with Crippen LogP contribution in [0, 0.1) is 0 Å². The molecule has 1 aromatic carbocycles. The van der Waals surface area contributed by atoms with E-state index < -0.39 is 0 Å². The van der Waals surface area contributed by atoms with E-state index in [2.05, 4.69) is 20.2 Å². The molecule has 6 nitrogen and oxygen atoms in total. The third kappa shape index (κ3) is 2.24. The van der Waals surface area contributed by atoms with Crippen LogP contribution in [0.3, 0.4) is 0 Å². The van der Waals surface area contributed by atoms with Crippen molar-refractivity contribution >= 4 is 11.0 Å². The summed E-state index contributed by atoms with van der Waals surface area (Å²) >= 11 is 0. The zero-order valence-corrected chi connectivity index (χ0v) is 8.11. The first kappa shape index (κ1) is 9.48. The molecular formula is C9H10N6. The molecule has 0 unspecified atom stereocenters. The third-order valence-corrected chi connectivity index (χ3v) is 2.01. The molecule has 15 heavy (non-hydrogen) atoms. The van der Waals surface area contributed by atoms with Crippen molar-refractivity contribution in [3.05, 3.63) is 34.7 Å². The maximum absolute atomic E-state index is 8.10. The standard InChI is InChI=1S/C9H10N6/c10-14-11-6-3-7-15-12-8-4-1-2-5-9(8)13-15/h1-2,4-5H,3,6-7H2. The van der Waals surface area contributed by atoms with Crippen LogP contribution in [0.1, 0.15) is 6.42 Å². The molecule has 2 rings (SSSR count). The first-order valence-electron chi connectivity index (χ1n) is 4.71. The summed E-state index contributed by atoms with van der Waals surface area (Å²) in [7, 11) is 0. The van der Waals surface area contributed by atoms with Gasteiger partial charge in [-0.1, -0.05) is 17.2 Å². The van der Waals surface area contributed by atoms with Crippen molar-refractivity contribution < 1.29 is 0 Å². The highest BCUT2D eigenvalue weighted by atomic mass is 15.5. The molecule has 1 heterocycles. The fourth-order valence-corrected chi connectivity index (χ4v) is 1.33. The molecule has 0 saturated heterocycles. The van der Waals surface area contributed by atoms with E-state index in [1.54, 1.807) is 4.80 Å². The van der Waals surface area contributed by atoms with Gasteiger partial charge < -0.3 is 0 Å². The quantitative estimate of drug-likeness (QED) is 0.329. The summed E-state index contributed by atoms with van der Waals surface area (Å²) in [5, 5.41) is 12.0. The van der Waals surface area contributed by atoms with Crippen LogP contribution >= 0.6 is 0 Å². The van der Waals surface area contributed by atoms with E-state index >= 15 is 0 Å². The Labute approximate surface area is 86.1 Å². The van der Waals surface area contributed by atoms with E-state index in [0.717, 1.165) is 17.5 Å². The van der Waals surface area contributed by atoms with Crippen LogP contribution < -0.4 is 0 Å². The summed E-state index contributed by atoms with van der Waals surface area (Å²) in [6.45, 7) is 1.15. The van der Waals surface area contributed by atoms with E-state index in [1.807, 2.05) is 24.3 Å². The van der Waals surface area contributed by atoms with Crippen molar-refractivity contribution in [3.63, 3.8) is 0 Å². The highest BCUT2D eigenvalue weighted by Crippen LogP contribution is 2.07. The lowest BCUT2D eigenvalue weighted by molar-refractivity contribution is 0.523. The number of nitrogens with zero attached hydrogens (tertiary/aromatic N) is 6. The summed E-state index contributed by atoms with van der Waals surface area (Å²) in [5.74, 6) is 0. The minimum atomic E-state index is 0.481.